The molecule has 0 aliphatic heterocycles. The zero-order chi connectivity index (χ0) is 12.5. The zero-order valence-electron chi connectivity index (χ0n) is 10.5. The maximum absolute atomic E-state index is 9.34. The van der Waals surface area contributed by atoms with Crippen LogP contribution in [0.4, 0.5) is 0 Å². The summed E-state index contributed by atoms with van der Waals surface area (Å²) in [5.74, 6) is 0.150. The molecule has 0 aromatic heterocycles. The Kier molecular flexibility index (Phi) is 3.64. The van der Waals surface area contributed by atoms with Crippen molar-refractivity contribution < 1.29 is 5.11 Å². The molecule has 0 saturated heterocycles. The summed E-state index contributed by atoms with van der Waals surface area (Å²) in [7, 11) is 0. The van der Waals surface area contributed by atoms with E-state index >= 15 is 0 Å². The summed E-state index contributed by atoms with van der Waals surface area (Å²) < 4.78 is 0. The third-order valence-corrected chi connectivity index (χ3v) is 3.88. The number of halogens is 1. The average Bonchev–Trinajstić information content (AvgIpc) is 2.60. The fourth-order valence-corrected chi connectivity index (χ4v) is 2.74. The Hall–Kier alpha value is -0.730. The number of rotatable bonds is 3. The van der Waals surface area contributed by atoms with Gasteiger partial charge < -0.3 is 10.4 Å². The van der Waals surface area contributed by atoms with Gasteiger partial charge in [0.15, 0.2) is 0 Å². The Balaban J connectivity index is 1.88. The Labute approximate surface area is 108 Å². The third-order valence-electron chi connectivity index (χ3n) is 3.58. The van der Waals surface area contributed by atoms with Crippen molar-refractivity contribution in [3.8, 4) is 5.75 Å². The van der Waals surface area contributed by atoms with Crippen LogP contribution in [0.2, 0.25) is 5.02 Å². The van der Waals surface area contributed by atoms with Gasteiger partial charge in [-0.2, -0.15) is 0 Å². The number of nitrogens with one attached hydrogen (secondary N) is 1. The van der Waals surface area contributed by atoms with Gasteiger partial charge in [-0.15, -0.1) is 0 Å². The second kappa shape index (κ2) is 4.87. The molecular weight excluding hydrogens is 234 g/mol. The molecule has 1 fully saturated rings. The number of hydrogen-bond acceptors (Lipinski definition) is 2. The molecule has 1 aromatic carbocycles. The van der Waals surface area contributed by atoms with E-state index in [1.165, 1.54) is 19.3 Å². The summed E-state index contributed by atoms with van der Waals surface area (Å²) in [6, 6.07) is 5.99. The minimum Gasteiger partial charge on any atom is -0.506 e. The first kappa shape index (κ1) is 12.7. The molecule has 1 unspecified atom stereocenters. The quantitative estimate of drug-likeness (QED) is 0.861. The standard InChI is InChI=1S/C14H20ClNO/c1-14(2)6-5-11(8-14)16-9-10-3-4-13(17)12(15)7-10/h3-4,7,11,16-17H,5-6,8-9H2,1-2H3. The molecular formula is C14H20ClNO. The molecule has 0 bridgehead atoms. The Morgan fingerprint density at radius 1 is 1.47 bits per heavy atom. The SMILES string of the molecule is CC1(C)CCC(NCc2ccc(O)c(Cl)c2)C1. The van der Waals surface area contributed by atoms with Crippen LogP contribution in [-0.4, -0.2) is 11.1 Å². The van der Waals surface area contributed by atoms with E-state index in [4.69, 9.17) is 11.6 Å². The molecule has 0 radical (unpaired) electrons. The maximum atomic E-state index is 9.34. The summed E-state index contributed by atoms with van der Waals surface area (Å²) in [5, 5.41) is 13.3. The molecule has 0 heterocycles. The molecule has 3 heteroatoms. The molecule has 1 saturated carbocycles. The highest BCUT2D eigenvalue weighted by molar-refractivity contribution is 6.32. The average molecular weight is 254 g/mol. The van der Waals surface area contributed by atoms with E-state index < -0.39 is 0 Å². The third kappa shape index (κ3) is 3.36. The van der Waals surface area contributed by atoms with Gasteiger partial charge in [0.25, 0.3) is 0 Å². The molecule has 94 valence electrons. The van der Waals surface area contributed by atoms with Crippen molar-refractivity contribution in [3.63, 3.8) is 0 Å². The van der Waals surface area contributed by atoms with Crippen molar-refractivity contribution in [2.24, 2.45) is 5.41 Å². The van der Waals surface area contributed by atoms with Crippen LogP contribution in [-0.2, 0) is 6.54 Å². The van der Waals surface area contributed by atoms with Crippen LogP contribution in [0.3, 0.4) is 0 Å². The van der Waals surface area contributed by atoms with Gasteiger partial charge in [0.1, 0.15) is 5.75 Å². The highest BCUT2D eigenvalue weighted by Gasteiger charge is 2.30. The number of benzene rings is 1. The first-order valence-corrected chi connectivity index (χ1v) is 6.55. The number of aromatic hydroxyl groups is 1. The minimum atomic E-state index is 0.150. The van der Waals surface area contributed by atoms with Crippen LogP contribution >= 0.6 is 11.6 Å². The van der Waals surface area contributed by atoms with Crippen LogP contribution in [0.15, 0.2) is 18.2 Å². The van der Waals surface area contributed by atoms with E-state index in [2.05, 4.69) is 19.2 Å². The Morgan fingerprint density at radius 3 is 2.82 bits per heavy atom. The molecule has 2 nitrogen and oxygen atoms in total. The van der Waals surface area contributed by atoms with Crippen molar-refractivity contribution >= 4 is 11.6 Å². The van der Waals surface area contributed by atoms with E-state index in [0.29, 0.717) is 16.5 Å². The van der Waals surface area contributed by atoms with Crippen LogP contribution in [0.5, 0.6) is 5.75 Å². The Morgan fingerprint density at radius 2 is 2.24 bits per heavy atom. The predicted molar refractivity (Wildman–Crippen MR) is 71.4 cm³/mol. The first-order valence-electron chi connectivity index (χ1n) is 6.17. The summed E-state index contributed by atoms with van der Waals surface area (Å²) >= 11 is 5.88. The number of phenols is 1. The second-order valence-electron chi connectivity index (χ2n) is 5.77. The van der Waals surface area contributed by atoms with Gasteiger partial charge in [-0.25, -0.2) is 0 Å². The molecule has 1 aromatic rings. The van der Waals surface area contributed by atoms with Gasteiger partial charge in [-0.3, -0.25) is 0 Å². The number of hydrogen-bond donors (Lipinski definition) is 2. The van der Waals surface area contributed by atoms with Gasteiger partial charge in [0, 0.05) is 12.6 Å². The highest BCUT2D eigenvalue weighted by atomic mass is 35.5. The zero-order valence-corrected chi connectivity index (χ0v) is 11.2. The lowest BCUT2D eigenvalue weighted by atomic mass is 9.92. The van der Waals surface area contributed by atoms with E-state index in [0.717, 1.165) is 12.1 Å². The Bertz CT molecular complexity index is 403. The van der Waals surface area contributed by atoms with Crippen molar-refractivity contribution in [3.05, 3.63) is 28.8 Å². The fourth-order valence-electron chi connectivity index (χ4n) is 2.53. The molecule has 17 heavy (non-hydrogen) atoms. The predicted octanol–water partition coefficient (Wildman–Crippen LogP) is 3.71. The lowest BCUT2D eigenvalue weighted by Crippen LogP contribution is -2.26. The van der Waals surface area contributed by atoms with Crippen LogP contribution in [0, 0.1) is 5.41 Å². The topological polar surface area (TPSA) is 32.3 Å². The lowest BCUT2D eigenvalue weighted by molar-refractivity contribution is 0.364. The van der Waals surface area contributed by atoms with E-state index in [9.17, 15) is 5.11 Å². The normalized spacial score (nSPS) is 22.9. The van der Waals surface area contributed by atoms with Gasteiger partial charge in [-0.05, 0) is 42.4 Å². The minimum absolute atomic E-state index is 0.150. The van der Waals surface area contributed by atoms with Gasteiger partial charge >= 0.3 is 0 Å². The van der Waals surface area contributed by atoms with Crippen LogP contribution < -0.4 is 5.32 Å². The van der Waals surface area contributed by atoms with Crippen LogP contribution in [0.1, 0.15) is 38.7 Å². The van der Waals surface area contributed by atoms with Gasteiger partial charge in [0.05, 0.1) is 5.02 Å². The van der Waals surface area contributed by atoms with E-state index in [1.807, 2.05) is 12.1 Å². The van der Waals surface area contributed by atoms with Gasteiger partial charge in [0.2, 0.25) is 0 Å². The van der Waals surface area contributed by atoms with E-state index in [-0.39, 0.29) is 5.75 Å². The largest absolute Gasteiger partial charge is 0.506 e. The van der Waals surface area contributed by atoms with Gasteiger partial charge in [-0.1, -0.05) is 31.5 Å². The monoisotopic (exact) mass is 253 g/mol. The molecule has 1 atom stereocenters. The highest BCUT2D eigenvalue weighted by Crippen LogP contribution is 2.37. The second-order valence-corrected chi connectivity index (χ2v) is 6.18. The summed E-state index contributed by atoms with van der Waals surface area (Å²) in [6.07, 6.45) is 3.78. The molecule has 0 amide bonds. The van der Waals surface area contributed by atoms with Crippen molar-refractivity contribution in [2.75, 3.05) is 0 Å². The molecule has 1 aliphatic rings. The maximum Gasteiger partial charge on any atom is 0.134 e. The molecule has 2 N–H and O–H groups in total. The molecule has 0 spiro atoms. The first-order chi connectivity index (χ1) is 7.96. The number of phenolic OH excluding ortho intramolecular Hbond substituents is 1. The van der Waals surface area contributed by atoms with Crippen molar-refractivity contribution in [1.29, 1.82) is 0 Å². The van der Waals surface area contributed by atoms with E-state index in [1.54, 1.807) is 6.07 Å². The lowest BCUT2D eigenvalue weighted by Gasteiger charge is -2.18. The van der Waals surface area contributed by atoms with Crippen LogP contribution in [0.25, 0.3) is 0 Å². The van der Waals surface area contributed by atoms with Crippen molar-refractivity contribution in [1.82, 2.24) is 5.32 Å². The molecule has 2 rings (SSSR count). The summed E-state index contributed by atoms with van der Waals surface area (Å²) in [5.41, 5.74) is 1.60. The molecule has 1 aliphatic carbocycles. The fraction of sp³-hybridized carbons (Fsp3) is 0.571. The summed E-state index contributed by atoms with van der Waals surface area (Å²) in [4.78, 5) is 0. The summed E-state index contributed by atoms with van der Waals surface area (Å²) in [6.45, 7) is 5.47. The van der Waals surface area contributed by atoms with Crippen molar-refractivity contribution in [2.45, 2.75) is 45.7 Å². The smallest absolute Gasteiger partial charge is 0.134 e.